The van der Waals surface area contributed by atoms with Gasteiger partial charge in [0.1, 0.15) is 5.75 Å². The fraction of sp³-hybridized carbons (Fsp3) is 0.158. The summed E-state index contributed by atoms with van der Waals surface area (Å²) in [6.07, 6.45) is 0.883. The molecule has 1 N–H and O–H groups in total. The van der Waals surface area contributed by atoms with Crippen molar-refractivity contribution in [2.45, 2.75) is 13.3 Å². The summed E-state index contributed by atoms with van der Waals surface area (Å²) in [5, 5.41) is 7.22. The first-order chi connectivity index (χ1) is 12.2. The summed E-state index contributed by atoms with van der Waals surface area (Å²) < 4.78 is 10.9. The molecule has 128 valence electrons. The van der Waals surface area contributed by atoms with Gasteiger partial charge < -0.3 is 14.6 Å². The van der Waals surface area contributed by atoms with Crippen molar-refractivity contribution < 1.29 is 14.1 Å². The highest BCUT2D eigenvalue weighted by Crippen LogP contribution is 2.26. The quantitative estimate of drug-likeness (QED) is 0.672. The Labute approximate surface area is 150 Å². The van der Waals surface area contributed by atoms with Gasteiger partial charge in [0.15, 0.2) is 11.5 Å². The number of aromatic nitrogens is 1. The number of rotatable bonds is 6. The minimum absolute atomic E-state index is 0.181. The van der Waals surface area contributed by atoms with E-state index in [4.69, 9.17) is 20.9 Å². The molecule has 5 nitrogen and oxygen atoms in total. The van der Waals surface area contributed by atoms with Crippen LogP contribution in [0.4, 0.5) is 5.69 Å². The van der Waals surface area contributed by atoms with E-state index in [9.17, 15) is 4.79 Å². The zero-order valence-electron chi connectivity index (χ0n) is 13.7. The number of para-hydroxylation sites is 2. The number of benzene rings is 2. The maximum absolute atomic E-state index is 12.4. The Balaban J connectivity index is 1.77. The third-order valence-corrected chi connectivity index (χ3v) is 3.68. The van der Waals surface area contributed by atoms with Gasteiger partial charge >= 0.3 is 0 Å². The smallest absolute Gasteiger partial charge is 0.277 e. The lowest BCUT2D eigenvalue weighted by Crippen LogP contribution is -2.13. The van der Waals surface area contributed by atoms with Gasteiger partial charge in [0.2, 0.25) is 0 Å². The second-order valence-electron chi connectivity index (χ2n) is 5.39. The first-order valence-corrected chi connectivity index (χ1v) is 8.31. The zero-order chi connectivity index (χ0) is 17.6. The minimum atomic E-state index is -0.371. The largest absolute Gasteiger partial charge is 0.491 e. The number of ether oxygens (including phenoxy) is 1. The van der Waals surface area contributed by atoms with E-state index in [1.54, 1.807) is 30.3 Å². The Morgan fingerprint density at radius 3 is 2.84 bits per heavy atom. The highest BCUT2D eigenvalue weighted by Gasteiger charge is 2.15. The monoisotopic (exact) mass is 356 g/mol. The molecule has 0 atom stereocenters. The molecule has 1 amide bonds. The van der Waals surface area contributed by atoms with Crippen LogP contribution in [0, 0.1) is 0 Å². The molecular weight excluding hydrogens is 340 g/mol. The summed E-state index contributed by atoms with van der Waals surface area (Å²) in [7, 11) is 0. The molecule has 25 heavy (non-hydrogen) atoms. The van der Waals surface area contributed by atoms with Crippen molar-refractivity contribution in [1.29, 1.82) is 0 Å². The van der Waals surface area contributed by atoms with Crippen LogP contribution in [0.5, 0.6) is 5.75 Å². The van der Waals surface area contributed by atoms with Crippen LogP contribution < -0.4 is 10.1 Å². The van der Waals surface area contributed by atoms with Crippen LogP contribution in [0.25, 0.3) is 11.3 Å². The summed E-state index contributed by atoms with van der Waals surface area (Å²) >= 11 is 5.98. The van der Waals surface area contributed by atoms with E-state index in [2.05, 4.69) is 10.5 Å². The van der Waals surface area contributed by atoms with Crippen LogP contribution in [0.3, 0.4) is 0 Å². The number of carbonyl (C=O) groups is 1. The highest BCUT2D eigenvalue weighted by molar-refractivity contribution is 6.30. The lowest BCUT2D eigenvalue weighted by atomic mass is 10.1. The Kier molecular flexibility index (Phi) is 5.36. The second-order valence-corrected chi connectivity index (χ2v) is 5.82. The number of halogens is 1. The second kappa shape index (κ2) is 7.85. The summed E-state index contributed by atoms with van der Waals surface area (Å²) in [6.45, 7) is 2.60. The molecule has 0 aliphatic carbocycles. The van der Waals surface area contributed by atoms with Gasteiger partial charge in [-0.15, -0.1) is 0 Å². The summed E-state index contributed by atoms with van der Waals surface area (Å²) in [6, 6.07) is 16.0. The summed E-state index contributed by atoms with van der Waals surface area (Å²) in [5.74, 6) is 0.726. The fourth-order valence-corrected chi connectivity index (χ4v) is 2.44. The molecular formula is C19H17ClN2O3. The molecule has 3 aromatic rings. The number of carbonyl (C=O) groups excluding carboxylic acids is 1. The average Bonchev–Trinajstić information content (AvgIpc) is 3.11. The van der Waals surface area contributed by atoms with Crippen molar-refractivity contribution in [2.24, 2.45) is 0 Å². The van der Waals surface area contributed by atoms with Gasteiger partial charge in [-0.25, -0.2) is 0 Å². The maximum atomic E-state index is 12.4. The number of nitrogens with one attached hydrogen (secondary N) is 1. The van der Waals surface area contributed by atoms with Crippen LogP contribution in [0.15, 0.2) is 59.1 Å². The van der Waals surface area contributed by atoms with Crippen molar-refractivity contribution >= 4 is 23.2 Å². The molecule has 0 spiro atoms. The van der Waals surface area contributed by atoms with Crippen LogP contribution >= 0.6 is 11.6 Å². The van der Waals surface area contributed by atoms with E-state index < -0.39 is 0 Å². The number of anilines is 1. The average molecular weight is 357 g/mol. The molecule has 0 aliphatic rings. The standard InChI is InChI=1S/C19H17ClN2O3/c1-2-10-24-17-9-4-3-8-15(17)21-19(23)16-12-18(25-22-16)13-6-5-7-14(20)11-13/h3-9,11-12H,2,10H2,1H3,(H,21,23). The van der Waals surface area contributed by atoms with E-state index in [0.717, 1.165) is 12.0 Å². The molecule has 2 aromatic carbocycles. The van der Waals surface area contributed by atoms with Crippen molar-refractivity contribution in [1.82, 2.24) is 5.16 Å². The van der Waals surface area contributed by atoms with Gasteiger partial charge in [0.25, 0.3) is 5.91 Å². The van der Waals surface area contributed by atoms with Gasteiger partial charge in [0, 0.05) is 16.7 Å². The maximum Gasteiger partial charge on any atom is 0.277 e. The van der Waals surface area contributed by atoms with E-state index in [-0.39, 0.29) is 11.6 Å². The Bertz CT molecular complexity index is 876. The van der Waals surface area contributed by atoms with Gasteiger partial charge in [-0.2, -0.15) is 0 Å². The Morgan fingerprint density at radius 2 is 2.04 bits per heavy atom. The third-order valence-electron chi connectivity index (χ3n) is 3.45. The topological polar surface area (TPSA) is 64.4 Å². The molecule has 1 heterocycles. The molecule has 1 aromatic heterocycles. The highest BCUT2D eigenvalue weighted by atomic mass is 35.5. The molecule has 0 aliphatic heterocycles. The number of nitrogens with zero attached hydrogens (tertiary/aromatic N) is 1. The minimum Gasteiger partial charge on any atom is -0.491 e. The summed E-state index contributed by atoms with van der Waals surface area (Å²) in [5.41, 5.74) is 1.53. The van der Waals surface area contributed by atoms with E-state index in [0.29, 0.717) is 28.8 Å². The molecule has 0 fully saturated rings. The van der Waals surface area contributed by atoms with Crippen molar-refractivity contribution in [2.75, 3.05) is 11.9 Å². The van der Waals surface area contributed by atoms with E-state index >= 15 is 0 Å². The van der Waals surface area contributed by atoms with Crippen LogP contribution in [0.2, 0.25) is 5.02 Å². The molecule has 0 saturated heterocycles. The zero-order valence-corrected chi connectivity index (χ0v) is 14.4. The number of hydrogen-bond acceptors (Lipinski definition) is 4. The van der Waals surface area contributed by atoms with Gasteiger partial charge in [-0.3, -0.25) is 4.79 Å². The van der Waals surface area contributed by atoms with E-state index in [1.807, 2.05) is 31.2 Å². The van der Waals surface area contributed by atoms with Gasteiger partial charge in [-0.05, 0) is 30.7 Å². The predicted octanol–water partition coefficient (Wildman–Crippen LogP) is 5.04. The fourth-order valence-electron chi connectivity index (χ4n) is 2.25. The van der Waals surface area contributed by atoms with Crippen molar-refractivity contribution in [3.63, 3.8) is 0 Å². The van der Waals surface area contributed by atoms with Gasteiger partial charge in [-0.1, -0.05) is 47.9 Å². The third kappa shape index (κ3) is 4.19. The first-order valence-electron chi connectivity index (χ1n) is 7.93. The molecule has 0 unspecified atom stereocenters. The molecule has 0 saturated carbocycles. The SMILES string of the molecule is CCCOc1ccccc1NC(=O)c1cc(-c2cccc(Cl)c2)on1. The predicted molar refractivity (Wildman–Crippen MR) is 97.1 cm³/mol. The van der Waals surface area contributed by atoms with Crippen LogP contribution in [-0.4, -0.2) is 17.7 Å². The summed E-state index contributed by atoms with van der Waals surface area (Å²) in [4.78, 5) is 12.4. The van der Waals surface area contributed by atoms with Crippen LogP contribution in [-0.2, 0) is 0 Å². The molecule has 0 bridgehead atoms. The molecule has 3 rings (SSSR count). The lowest BCUT2D eigenvalue weighted by molar-refractivity contribution is 0.101. The van der Waals surface area contributed by atoms with Gasteiger partial charge in [0.05, 0.1) is 12.3 Å². The van der Waals surface area contributed by atoms with Crippen LogP contribution in [0.1, 0.15) is 23.8 Å². The van der Waals surface area contributed by atoms with Crippen molar-refractivity contribution in [3.8, 4) is 17.1 Å². The first kappa shape index (κ1) is 17.0. The Morgan fingerprint density at radius 1 is 1.20 bits per heavy atom. The molecule has 6 heteroatoms. The number of hydrogen-bond donors (Lipinski definition) is 1. The van der Waals surface area contributed by atoms with Crippen molar-refractivity contribution in [3.05, 3.63) is 65.3 Å². The Hall–Kier alpha value is -2.79. The molecule has 0 radical (unpaired) electrons. The normalized spacial score (nSPS) is 10.5. The number of amides is 1. The van der Waals surface area contributed by atoms with E-state index in [1.165, 1.54) is 0 Å². The lowest BCUT2D eigenvalue weighted by Gasteiger charge is -2.10.